The maximum Gasteiger partial charge on any atom is 0.167 e. The molecule has 0 fully saturated rings. The predicted octanol–water partition coefficient (Wildman–Crippen LogP) is 17.0. The number of carbonyl (C=O) groups excluding carboxylic acids is 4. The minimum atomic E-state index is -0.972. The first-order valence-corrected chi connectivity index (χ1v) is 25.8. The highest BCUT2D eigenvalue weighted by molar-refractivity contribution is 7.99. The Labute approximate surface area is 420 Å². The van der Waals surface area contributed by atoms with E-state index in [0.29, 0.717) is 62.2 Å². The standard InChI is InChI=1S/C17H17FOS.2C10H11FOS.C9H8F2O.C7H8.2C2H6/c1-11-12(2)17(20-3)15(18)10-14(11)16(19)9-13-7-5-4-6-8-13;2*1-6-7(2)10(13-3)9(11)4-8(6)5-12;1-5-6(2)9(11)8(10)3-7(5)4-12;1-7-5-3-2-4-6-7;2*1-2/h4-8,10H,9H2,1-3H3;2*4-5H,1-3H3;3-4H,1-2H3;2-6H,1H3;2*1-2H3. The smallest absolute Gasteiger partial charge is 0.167 e. The third-order valence-corrected chi connectivity index (χ3v) is 13.5. The monoisotopic (exact) mass is 1010 g/mol. The molecule has 4 nitrogen and oxygen atoms in total. The second kappa shape index (κ2) is 33.3. The van der Waals surface area contributed by atoms with Crippen LogP contribution in [0.1, 0.15) is 125 Å². The summed E-state index contributed by atoms with van der Waals surface area (Å²) in [4.78, 5) is 45.7. The first-order valence-electron chi connectivity index (χ1n) is 22.1. The van der Waals surface area contributed by atoms with E-state index in [-0.39, 0.29) is 34.4 Å². The second-order valence-corrected chi connectivity index (χ2v) is 17.2. The molecule has 0 saturated carbocycles. The lowest BCUT2D eigenvalue weighted by Crippen LogP contribution is -2.08. The summed E-state index contributed by atoms with van der Waals surface area (Å²) in [5.41, 5.74) is 9.68. The Morgan fingerprint density at radius 2 is 0.754 bits per heavy atom. The van der Waals surface area contributed by atoms with Gasteiger partial charge in [-0.05, 0) is 155 Å². The molecule has 372 valence electrons. The molecule has 0 atom stereocenters. The fourth-order valence-electron chi connectivity index (χ4n) is 6.29. The number of carbonyl (C=O) groups is 4. The van der Waals surface area contributed by atoms with Gasteiger partial charge in [0.2, 0.25) is 0 Å². The highest BCUT2D eigenvalue weighted by atomic mass is 32.2. The minimum absolute atomic E-state index is 0.0386. The molecule has 0 bridgehead atoms. The predicted molar refractivity (Wildman–Crippen MR) is 283 cm³/mol. The van der Waals surface area contributed by atoms with Crippen molar-refractivity contribution in [3.8, 4) is 0 Å². The maximum atomic E-state index is 14.0. The maximum absolute atomic E-state index is 14.0. The number of thioether (sulfide) groups is 3. The van der Waals surface area contributed by atoms with Gasteiger partial charge >= 0.3 is 0 Å². The highest BCUT2D eigenvalue weighted by Crippen LogP contribution is 2.30. The van der Waals surface area contributed by atoms with E-state index in [1.54, 1.807) is 6.92 Å². The molecule has 0 saturated heterocycles. The number of aryl methyl sites for hydroxylation is 1. The summed E-state index contributed by atoms with van der Waals surface area (Å²) in [6.07, 6.45) is 7.70. The van der Waals surface area contributed by atoms with Gasteiger partial charge < -0.3 is 0 Å². The Morgan fingerprint density at radius 3 is 1.09 bits per heavy atom. The molecule has 6 aromatic rings. The molecule has 0 aliphatic carbocycles. The third-order valence-electron chi connectivity index (χ3n) is 10.7. The van der Waals surface area contributed by atoms with E-state index in [4.69, 9.17) is 0 Å². The van der Waals surface area contributed by atoms with Crippen LogP contribution in [0.3, 0.4) is 0 Å². The Hall–Kier alpha value is -5.30. The molecule has 6 aromatic carbocycles. The van der Waals surface area contributed by atoms with E-state index >= 15 is 0 Å². The van der Waals surface area contributed by atoms with E-state index in [1.807, 2.05) is 137 Å². The molecule has 0 heterocycles. The van der Waals surface area contributed by atoms with Crippen LogP contribution in [0.2, 0.25) is 0 Å². The van der Waals surface area contributed by atoms with Gasteiger partial charge in [-0.3, -0.25) is 19.2 Å². The number of ketones is 1. The average molecular weight is 1010 g/mol. The van der Waals surface area contributed by atoms with Gasteiger partial charge in [0.15, 0.2) is 17.4 Å². The van der Waals surface area contributed by atoms with Crippen LogP contribution in [0.15, 0.2) is 99.6 Å². The van der Waals surface area contributed by atoms with Gasteiger partial charge in [-0.1, -0.05) is 93.9 Å². The average Bonchev–Trinajstić information content (AvgIpc) is 3.36. The summed E-state index contributed by atoms with van der Waals surface area (Å²) in [7, 11) is 0. The molecular formula is C57H67F5O4S3. The summed E-state index contributed by atoms with van der Waals surface area (Å²) in [5.74, 6) is -2.81. The number of rotatable bonds is 9. The van der Waals surface area contributed by atoms with Gasteiger partial charge in [0, 0.05) is 43.4 Å². The molecule has 12 heteroatoms. The summed E-state index contributed by atoms with van der Waals surface area (Å²) < 4.78 is 66.1. The molecule has 0 radical (unpaired) electrons. The third kappa shape index (κ3) is 18.9. The summed E-state index contributed by atoms with van der Waals surface area (Å²) in [5, 5.41) is 0. The van der Waals surface area contributed by atoms with Crippen LogP contribution in [0.4, 0.5) is 22.0 Å². The summed E-state index contributed by atoms with van der Waals surface area (Å²) >= 11 is 4.10. The first kappa shape index (κ1) is 63.7. The van der Waals surface area contributed by atoms with Crippen LogP contribution < -0.4 is 0 Å². The largest absolute Gasteiger partial charge is 0.298 e. The molecule has 0 N–H and O–H groups in total. The first-order chi connectivity index (χ1) is 32.7. The Bertz CT molecular complexity index is 2530. The van der Waals surface area contributed by atoms with Crippen LogP contribution in [-0.4, -0.2) is 43.4 Å². The van der Waals surface area contributed by atoms with Crippen LogP contribution in [-0.2, 0) is 6.42 Å². The normalized spacial score (nSPS) is 9.70. The van der Waals surface area contributed by atoms with E-state index < -0.39 is 11.6 Å². The van der Waals surface area contributed by atoms with Crippen molar-refractivity contribution in [2.75, 3.05) is 18.8 Å². The number of halogens is 5. The lowest BCUT2D eigenvalue weighted by Gasteiger charge is -2.12. The van der Waals surface area contributed by atoms with Crippen molar-refractivity contribution >= 4 is 59.9 Å². The van der Waals surface area contributed by atoms with Gasteiger partial charge in [0.1, 0.15) is 36.3 Å². The zero-order valence-electron chi connectivity index (χ0n) is 42.8. The Morgan fingerprint density at radius 1 is 0.435 bits per heavy atom. The van der Waals surface area contributed by atoms with Crippen molar-refractivity contribution in [1.29, 1.82) is 0 Å². The van der Waals surface area contributed by atoms with Crippen LogP contribution in [0, 0.1) is 91.4 Å². The molecule has 0 aromatic heterocycles. The topological polar surface area (TPSA) is 68.3 Å². The van der Waals surface area contributed by atoms with E-state index in [1.165, 1.54) is 66.0 Å². The van der Waals surface area contributed by atoms with Crippen LogP contribution in [0.25, 0.3) is 0 Å². The van der Waals surface area contributed by atoms with Crippen molar-refractivity contribution in [1.82, 2.24) is 0 Å². The van der Waals surface area contributed by atoms with Gasteiger partial charge in [-0.2, -0.15) is 0 Å². The summed E-state index contributed by atoms with van der Waals surface area (Å²) in [6, 6.07) is 24.7. The molecule has 0 aliphatic rings. The van der Waals surface area contributed by atoms with Crippen LogP contribution in [0.5, 0.6) is 0 Å². The van der Waals surface area contributed by atoms with Crippen molar-refractivity contribution in [3.05, 3.63) is 192 Å². The SMILES string of the molecule is CC.CC.CSc1c(F)cc(C(=O)Cc2ccccc2)c(C)c1C.CSc1c(F)cc(C=O)c(C)c1C.CSc1c(F)cc(C=O)c(C)c1C.Cc1c(C=O)cc(F)c(F)c1C.Cc1ccccc1. The van der Waals surface area contributed by atoms with Gasteiger partial charge in [-0.15, -0.1) is 35.3 Å². The molecule has 0 spiro atoms. The number of aldehydes is 3. The quantitative estimate of drug-likeness (QED) is 0.0619. The Balaban J connectivity index is 0.000000847. The molecular weight excluding hydrogens is 940 g/mol. The molecule has 6 rings (SSSR count). The second-order valence-electron chi connectivity index (χ2n) is 14.8. The number of hydrogen-bond donors (Lipinski definition) is 0. The fourth-order valence-corrected chi connectivity index (χ4v) is 8.43. The number of hydrogen-bond acceptors (Lipinski definition) is 7. The molecule has 69 heavy (non-hydrogen) atoms. The fraction of sp³-hybridized carbons (Fsp3) is 0.298. The number of benzene rings is 6. The molecule has 0 amide bonds. The zero-order valence-corrected chi connectivity index (χ0v) is 45.2. The van der Waals surface area contributed by atoms with Crippen molar-refractivity contribution in [2.45, 2.75) is 111 Å². The Kier molecular flexibility index (Phi) is 30.7. The zero-order chi connectivity index (χ0) is 53.1. The van der Waals surface area contributed by atoms with E-state index in [2.05, 4.69) is 19.1 Å². The van der Waals surface area contributed by atoms with Crippen LogP contribution >= 0.6 is 35.3 Å². The van der Waals surface area contributed by atoms with Gasteiger partial charge in [0.05, 0.1) is 0 Å². The lowest BCUT2D eigenvalue weighted by atomic mass is 9.96. The molecule has 0 unspecified atom stereocenters. The number of Topliss-reactive ketones (excluding diaryl/α,β-unsaturated/α-hetero) is 1. The van der Waals surface area contributed by atoms with E-state index in [0.717, 1.165) is 45.0 Å². The minimum Gasteiger partial charge on any atom is -0.298 e. The van der Waals surface area contributed by atoms with Gasteiger partial charge in [0.25, 0.3) is 0 Å². The van der Waals surface area contributed by atoms with Crippen molar-refractivity contribution in [2.24, 2.45) is 0 Å². The molecule has 0 aliphatic heterocycles. The lowest BCUT2D eigenvalue weighted by molar-refractivity contribution is 0.0990. The highest BCUT2D eigenvalue weighted by Gasteiger charge is 2.18. The van der Waals surface area contributed by atoms with E-state index in [9.17, 15) is 41.1 Å². The van der Waals surface area contributed by atoms with Crippen molar-refractivity contribution in [3.63, 3.8) is 0 Å². The van der Waals surface area contributed by atoms with Gasteiger partial charge in [-0.25, -0.2) is 22.0 Å². The van der Waals surface area contributed by atoms with Crippen molar-refractivity contribution < 1.29 is 41.1 Å². The summed E-state index contributed by atoms with van der Waals surface area (Å²) in [6.45, 7) is 24.2.